The molecule has 4 nitrogen and oxygen atoms in total. The van der Waals surface area contributed by atoms with Crippen molar-refractivity contribution in [1.29, 1.82) is 0 Å². The first-order chi connectivity index (χ1) is 16.0. The molecule has 176 valence electrons. The van der Waals surface area contributed by atoms with Crippen molar-refractivity contribution in [3.05, 3.63) is 83.4 Å². The SMILES string of the molecule is CC1(C)C=Cc2cc(CCC(=O)Nc3ccc(O)cc3)cc(-c3cccc(C(F)(F)F)c3)c2O1. The van der Waals surface area contributed by atoms with Crippen LogP contribution in [0.25, 0.3) is 17.2 Å². The molecule has 0 aromatic heterocycles. The van der Waals surface area contributed by atoms with Crippen LogP contribution in [-0.4, -0.2) is 16.6 Å². The number of hydrogen-bond donors (Lipinski definition) is 2. The highest BCUT2D eigenvalue weighted by Crippen LogP contribution is 2.42. The van der Waals surface area contributed by atoms with Gasteiger partial charge < -0.3 is 15.2 Å². The highest BCUT2D eigenvalue weighted by molar-refractivity contribution is 5.91. The third-order valence-electron chi connectivity index (χ3n) is 5.50. The van der Waals surface area contributed by atoms with Gasteiger partial charge in [0.25, 0.3) is 0 Å². The Kier molecular flexibility index (Phi) is 6.13. The summed E-state index contributed by atoms with van der Waals surface area (Å²) in [5.41, 5.74) is 1.74. The second kappa shape index (κ2) is 8.89. The number of benzene rings is 3. The van der Waals surface area contributed by atoms with Crippen molar-refractivity contribution in [2.45, 2.75) is 38.5 Å². The molecule has 0 bridgehead atoms. The van der Waals surface area contributed by atoms with E-state index in [9.17, 15) is 23.1 Å². The van der Waals surface area contributed by atoms with Crippen LogP contribution >= 0.6 is 0 Å². The van der Waals surface area contributed by atoms with Crippen LogP contribution in [-0.2, 0) is 17.4 Å². The fraction of sp³-hybridized carbons (Fsp3) is 0.222. The van der Waals surface area contributed by atoms with Crippen LogP contribution in [0.1, 0.15) is 37.0 Å². The number of phenols is 1. The van der Waals surface area contributed by atoms with Crippen molar-refractivity contribution in [1.82, 2.24) is 0 Å². The van der Waals surface area contributed by atoms with E-state index in [2.05, 4.69) is 5.32 Å². The summed E-state index contributed by atoms with van der Waals surface area (Å²) in [4.78, 5) is 12.4. The van der Waals surface area contributed by atoms with E-state index >= 15 is 0 Å². The van der Waals surface area contributed by atoms with E-state index in [0.717, 1.165) is 23.3 Å². The summed E-state index contributed by atoms with van der Waals surface area (Å²) in [6.45, 7) is 3.76. The largest absolute Gasteiger partial charge is 0.508 e. The van der Waals surface area contributed by atoms with Crippen molar-refractivity contribution in [3.63, 3.8) is 0 Å². The molecule has 3 aromatic rings. The number of ether oxygens (including phenoxy) is 1. The lowest BCUT2D eigenvalue weighted by molar-refractivity contribution is -0.137. The van der Waals surface area contributed by atoms with Gasteiger partial charge in [-0.2, -0.15) is 13.2 Å². The van der Waals surface area contributed by atoms with Gasteiger partial charge in [0.05, 0.1) is 5.56 Å². The number of nitrogens with one attached hydrogen (secondary N) is 1. The smallest absolute Gasteiger partial charge is 0.416 e. The Hall–Kier alpha value is -3.74. The zero-order valence-electron chi connectivity index (χ0n) is 18.7. The predicted molar refractivity (Wildman–Crippen MR) is 126 cm³/mol. The molecule has 1 heterocycles. The molecule has 1 amide bonds. The summed E-state index contributed by atoms with van der Waals surface area (Å²) in [7, 11) is 0. The first kappa shape index (κ1) is 23.4. The minimum absolute atomic E-state index is 0.104. The van der Waals surface area contributed by atoms with Crippen LogP contribution in [0.4, 0.5) is 18.9 Å². The van der Waals surface area contributed by atoms with Crippen molar-refractivity contribution < 1.29 is 27.8 Å². The standard InChI is InChI=1S/C27H24F3NO3/c1-26(2)13-12-19-14-17(6-11-24(33)31-21-7-9-22(32)10-8-21)15-23(25(19)34-26)18-4-3-5-20(16-18)27(28,29)30/h3-5,7-10,12-16,32H,6,11H2,1-2H3,(H,31,33). The summed E-state index contributed by atoms with van der Waals surface area (Å²) in [6.07, 6.45) is -0.0965. The molecule has 1 aliphatic heterocycles. The van der Waals surface area contributed by atoms with E-state index in [0.29, 0.717) is 29.0 Å². The Morgan fingerprint density at radius 1 is 1.06 bits per heavy atom. The van der Waals surface area contributed by atoms with E-state index in [1.807, 2.05) is 32.1 Å². The molecule has 4 rings (SSSR count). The number of rotatable bonds is 5. The van der Waals surface area contributed by atoms with Gasteiger partial charge in [0.15, 0.2) is 0 Å². The summed E-state index contributed by atoms with van der Waals surface area (Å²) in [5, 5.41) is 12.1. The third kappa shape index (κ3) is 5.42. The summed E-state index contributed by atoms with van der Waals surface area (Å²) in [6, 6.07) is 15.0. The normalized spacial score (nSPS) is 14.3. The maximum Gasteiger partial charge on any atom is 0.416 e. The summed E-state index contributed by atoms with van der Waals surface area (Å²) in [5.74, 6) is 0.411. The molecule has 0 saturated carbocycles. The molecule has 0 radical (unpaired) electrons. The molecule has 2 N–H and O–H groups in total. The molecule has 0 atom stereocenters. The number of hydrogen-bond acceptors (Lipinski definition) is 3. The zero-order chi connectivity index (χ0) is 24.5. The van der Waals surface area contributed by atoms with Crippen LogP contribution in [0.5, 0.6) is 11.5 Å². The first-order valence-electron chi connectivity index (χ1n) is 10.8. The van der Waals surface area contributed by atoms with Gasteiger partial charge in [0.1, 0.15) is 17.1 Å². The Balaban J connectivity index is 1.63. The Morgan fingerprint density at radius 3 is 2.50 bits per heavy atom. The van der Waals surface area contributed by atoms with E-state index in [4.69, 9.17) is 4.74 Å². The van der Waals surface area contributed by atoms with Crippen LogP contribution in [0.15, 0.2) is 66.7 Å². The number of carbonyl (C=O) groups excluding carboxylic acids is 1. The third-order valence-corrected chi connectivity index (χ3v) is 5.50. The van der Waals surface area contributed by atoms with Gasteiger partial charge in [0, 0.05) is 23.2 Å². The molecule has 3 aromatic carbocycles. The minimum atomic E-state index is -4.46. The van der Waals surface area contributed by atoms with Gasteiger partial charge in [-0.15, -0.1) is 0 Å². The van der Waals surface area contributed by atoms with E-state index in [1.165, 1.54) is 18.2 Å². The molecule has 34 heavy (non-hydrogen) atoms. The van der Waals surface area contributed by atoms with Gasteiger partial charge >= 0.3 is 6.18 Å². The fourth-order valence-electron chi connectivity index (χ4n) is 3.79. The highest BCUT2D eigenvalue weighted by Gasteiger charge is 2.31. The number of alkyl halides is 3. The number of phenolic OH excluding ortho intramolecular Hbond substituents is 1. The molecule has 0 aliphatic carbocycles. The number of aryl methyl sites for hydroxylation is 1. The molecular formula is C27H24F3NO3. The summed E-state index contributed by atoms with van der Waals surface area (Å²) < 4.78 is 46.1. The minimum Gasteiger partial charge on any atom is -0.508 e. The van der Waals surface area contributed by atoms with Gasteiger partial charge in [-0.05, 0) is 86.0 Å². The van der Waals surface area contributed by atoms with Gasteiger partial charge in [-0.1, -0.05) is 18.2 Å². The van der Waals surface area contributed by atoms with Gasteiger partial charge in [-0.25, -0.2) is 0 Å². The lowest BCUT2D eigenvalue weighted by Gasteiger charge is -2.30. The van der Waals surface area contributed by atoms with Gasteiger partial charge in [0.2, 0.25) is 5.91 Å². The lowest BCUT2D eigenvalue weighted by Crippen LogP contribution is -2.28. The molecule has 0 spiro atoms. The number of amides is 1. The molecule has 0 saturated heterocycles. The average molecular weight is 467 g/mol. The fourth-order valence-corrected chi connectivity index (χ4v) is 3.79. The molecule has 0 fully saturated rings. The number of aromatic hydroxyl groups is 1. The average Bonchev–Trinajstić information content (AvgIpc) is 2.78. The molecular weight excluding hydrogens is 443 g/mol. The van der Waals surface area contributed by atoms with Gasteiger partial charge in [-0.3, -0.25) is 4.79 Å². The summed E-state index contributed by atoms with van der Waals surface area (Å²) >= 11 is 0. The van der Waals surface area contributed by atoms with Crippen molar-refractivity contribution in [3.8, 4) is 22.6 Å². The number of anilines is 1. The molecule has 1 aliphatic rings. The number of halogens is 3. The quantitative estimate of drug-likeness (QED) is 0.404. The zero-order valence-corrected chi connectivity index (χ0v) is 18.7. The van der Waals surface area contributed by atoms with Crippen LogP contribution in [0.3, 0.4) is 0 Å². The lowest BCUT2D eigenvalue weighted by atomic mass is 9.92. The van der Waals surface area contributed by atoms with Crippen LogP contribution < -0.4 is 10.1 Å². The second-order valence-corrected chi connectivity index (χ2v) is 8.77. The molecule has 0 unspecified atom stereocenters. The van der Waals surface area contributed by atoms with Crippen molar-refractivity contribution in [2.24, 2.45) is 0 Å². The highest BCUT2D eigenvalue weighted by atomic mass is 19.4. The van der Waals surface area contributed by atoms with Crippen molar-refractivity contribution in [2.75, 3.05) is 5.32 Å². The monoisotopic (exact) mass is 467 g/mol. The maximum absolute atomic E-state index is 13.3. The van der Waals surface area contributed by atoms with E-state index in [1.54, 1.807) is 24.3 Å². The maximum atomic E-state index is 13.3. The Labute approximate surface area is 195 Å². The van der Waals surface area contributed by atoms with Crippen LogP contribution in [0, 0.1) is 0 Å². The molecule has 7 heteroatoms. The Bertz CT molecular complexity index is 1240. The topological polar surface area (TPSA) is 58.6 Å². The van der Waals surface area contributed by atoms with Crippen LogP contribution in [0.2, 0.25) is 0 Å². The predicted octanol–water partition coefficient (Wildman–Crippen LogP) is 6.83. The van der Waals surface area contributed by atoms with E-state index in [-0.39, 0.29) is 18.1 Å². The number of carbonyl (C=O) groups is 1. The first-order valence-corrected chi connectivity index (χ1v) is 10.8. The van der Waals surface area contributed by atoms with Crippen molar-refractivity contribution >= 4 is 17.7 Å². The van der Waals surface area contributed by atoms with E-state index < -0.39 is 17.3 Å². The second-order valence-electron chi connectivity index (χ2n) is 8.77. The number of fused-ring (bicyclic) bond motifs is 1. The Morgan fingerprint density at radius 2 is 1.79 bits per heavy atom.